The normalized spacial score (nSPS) is 13.7. The fraction of sp³-hybridized carbons (Fsp3) is 0.500. The Morgan fingerprint density at radius 2 is 2.08 bits per heavy atom. The highest BCUT2D eigenvalue weighted by Gasteiger charge is 2.32. The van der Waals surface area contributed by atoms with Crippen LogP contribution in [0.15, 0.2) is 30.3 Å². The minimum absolute atomic E-state index is 0.0531. The molecule has 0 bridgehead atoms. The third kappa shape index (κ3) is 4.84. The van der Waals surface area contributed by atoms with Crippen molar-refractivity contribution in [2.24, 2.45) is 0 Å². The van der Waals surface area contributed by atoms with Crippen LogP contribution in [-0.2, 0) is 13.1 Å². The highest BCUT2D eigenvalue weighted by molar-refractivity contribution is 5.74. The monoisotopic (exact) mass is 340 g/mol. The van der Waals surface area contributed by atoms with Crippen LogP contribution in [0.5, 0.6) is 0 Å². The van der Waals surface area contributed by atoms with Gasteiger partial charge in [-0.25, -0.2) is 4.79 Å². The first-order chi connectivity index (χ1) is 12.0. The number of benzene rings is 1. The highest BCUT2D eigenvalue weighted by Crippen LogP contribution is 2.28. The summed E-state index contributed by atoms with van der Waals surface area (Å²) in [5.41, 5.74) is 4.64. The van der Waals surface area contributed by atoms with Crippen molar-refractivity contribution in [2.75, 3.05) is 6.54 Å². The number of aromatic nitrogens is 2. The topological polar surface area (TPSA) is 50.2 Å². The van der Waals surface area contributed by atoms with Gasteiger partial charge in [-0.2, -0.15) is 5.10 Å². The summed E-state index contributed by atoms with van der Waals surface area (Å²) >= 11 is 0. The molecule has 1 heterocycles. The molecule has 1 N–H and O–H groups in total. The fourth-order valence-corrected chi connectivity index (χ4v) is 3.19. The third-order valence-corrected chi connectivity index (χ3v) is 4.61. The van der Waals surface area contributed by atoms with Gasteiger partial charge in [-0.15, -0.1) is 0 Å². The molecule has 0 saturated heterocycles. The van der Waals surface area contributed by atoms with Crippen molar-refractivity contribution in [3.05, 3.63) is 52.8 Å². The number of nitrogens with one attached hydrogen (secondary N) is 1. The Morgan fingerprint density at radius 3 is 2.72 bits per heavy atom. The van der Waals surface area contributed by atoms with Crippen molar-refractivity contribution in [2.45, 2.75) is 59.2 Å². The zero-order valence-corrected chi connectivity index (χ0v) is 15.5. The molecule has 1 aliphatic rings. The van der Waals surface area contributed by atoms with Gasteiger partial charge >= 0.3 is 6.03 Å². The van der Waals surface area contributed by atoms with E-state index in [1.165, 1.54) is 16.8 Å². The van der Waals surface area contributed by atoms with Gasteiger partial charge < -0.3 is 10.2 Å². The number of aryl methyl sites for hydroxylation is 4. The van der Waals surface area contributed by atoms with Gasteiger partial charge in [0, 0.05) is 31.4 Å². The maximum Gasteiger partial charge on any atom is 0.317 e. The molecule has 1 aromatic carbocycles. The standard InChI is InChI=1S/C20H28N4O/c1-15-6-4-7-18(12-15)14-23(19-8-9-19)20(25)21-10-5-11-24-17(3)13-16(2)22-24/h4,6-7,12-13,19H,5,8-11,14H2,1-3H3,(H,21,25). The number of carbonyl (C=O) groups excluding carboxylic acids is 1. The molecule has 0 aliphatic heterocycles. The SMILES string of the molecule is Cc1cccc(CN(C(=O)NCCCn2nc(C)cc2C)C2CC2)c1. The number of nitrogens with zero attached hydrogens (tertiary/aromatic N) is 3. The maximum atomic E-state index is 12.6. The third-order valence-electron chi connectivity index (χ3n) is 4.61. The summed E-state index contributed by atoms with van der Waals surface area (Å²) in [4.78, 5) is 14.6. The van der Waals surface area contributed by atoms with Crippen molar-refractivity contribution in [1.82, 2.24) is 20.0 Å². The lowest BCUT2D eigenvalue weighted by atomic mass is 10.1. The van der Waals surface area contributed by atoms with Crippen LogP contribution < -0.4 is 5.32 Å². The van der Waals surface area contributed by atoms with Crippen LogP contribution >= 0.6 is 0 Å². The van der Waals surface area contributed by atoms with E-state index in [1.807, 2.05) is 16.5 Å². The van der Waals surface area contributed by atoms with Gasteiger partial charge in [0.2, 0.25) is 0 Å². The van der Waals surface area contributed by atoms with Crippen LogP contribution in [0.25, 0.3) is 0 Å². The van der Waals surface area contributed by atoms with Crippen molar-refractivity contribution in [3.8, 4) is 0 Å². The van der Waals surface area contributed by atoms with Crippen LogP contribution in [0.4, 0.5) is 4.79 Å². The van der Waals surface area contributed by atoms with E-state index < -0.39 is 0 Å². The Bertz CT molecular complexity index is 733. The quantitative estimate of drug-likeness (QED) is 0.783. The lowest BCUT2D eigenvalue weighted by Gasteiger charge is -2.23. The molecule has 1 aliphatic carbocycles. The van der Waals surface area contributed by atoms with E-state index in [2.05, 4.69) is 54.6 Å². The van der Waals surface area contributed by atoms with Gasteiger partial charge in [-0.1, -0.05) is 29.8 Å². The number of hydrogen-bond acceptors (Lipinski definition) is 2. The van der Waals surface area contributed by atoms with Gasteiger partial charge in [0.25, 0.3) is 0 Å². The average molecular weight is 340 g/mol. The Labute approximate surface area is 150 Å². The summed E-state index contributed by atoms with van der Waals surface area (Å²) in [7, 11) is 0. The molecule has 3 rings (SSSR count). The second-order valence-electron chi connectivity index (χ2n) is 7.08. The van der Waals surface area contributed by atoms with Crippen molar-refractivity contribution in [1.29, 1.82) is 0 Å². The molecule has 0 spiro atoms. The van der Waals surface area contributed by atoms with Gasteiger partial charge in [-0.3, -0.25) is 4.68 Å². The fourth-order valence-electron chi connectivity index (χ4n) is 3.19. The van der Waals surface area contributed by atoms with E-state index in [9.17, 15) is 4.79 Å². The van der Waals surface area contributed by atoms with E-state index in [0.717, 1.165) is 31.5 Å². The molecule has 134 valence electrons. The average Bonchev–Trinajstić information content (AvgIpc) is 3.35. The van der Waals surface area contributed by atoms with Crippen LogP contribution in [-0.4, -0.2) is 33.3 Å². The summed E-state index contributed by atoms with van der Waals surface area (Å²) in [5.74, 6) is 0. The summed E-state index contributed by atoms with van der Waals surface area (Å²) in [5, 5.41) is 7.54. The van der Waals surface area contributed by atoms with Gasteiger partial charge in [0.1, 0.15) is 0 Å². The zero-order valence-electron chi connectivity index (χ0n) is 15.5. The molecular weight excluding hydrogens is 312 g/mol. The van der Waals surface area contributed by atoms with Crippen molar-refractivity contribution >= 4 is 6.03 Å². The molecule has 25 heavy (non-hydrogen) atoms. The van der Waals surface area contributed by atoms with E-state index in [-0.39, 0.29) is 6.03 Å². The number of amides is 2. The Hall–Kier alpha value is -2.30. The first-order valence-corrected chi connectivity index (χ1v) is 9.14. The van der Waals surface area contributed by atoms with Crippen LogP contribution in [0.3, 0.4) is 0 Å². The van der Waals surface area contributed by atoms with E-state index in [4.69, 9.17) is 0 Å². The maximum absolute atomic E-state index is 12.6. The van der Waals surface area contributed by atoms with Gasteiger partial charge in [0.05, 0.1) is 5.69 Å². The Balaban J connectivity index is 1.49. The molecule has 5 heteroatoms. The molecular formula is C20H28N4O. The first-order valence-electron chi connectivity index (χ1n) is 9.14. The Kier molecular flexibility index (Phi) is 5.41. The summed E-state index contributed by atoms with van der Waals surface area (Å²) in [6.45, 7) is 8.36. The number of carbonyl (C=O) groups is 1. The number of hydrogen-bond donors (Lipinski definition) is 1. The molecule has 0 atom stereocenters. The van der Waals surface area contributed by atoms with E-state index in [0.29, 0.717) is 19.1 Å². The summed E-state index contributed by atoms with van der Waals surface area (Å²) in [6, 6.07) is 10.9. The molecule has 0 unspecified atom stereocenters. The van der Waals surface area contributed by atoms with Crippen LogP contribution in [0, 0.1) is 20.8 Å². The predicted molar refractivity (Wildman–Crippen MR) is 99.5 cm³/mol. The minimum atomic E-state index is 0.0531. The number of rotatable bonds is 7. The molecule has 2 aromatic rings. The molecule has 0 radical (unpaired) electrons. The first kappa shape index (κ1) is 17.5. The van der Waals surface area contributed by atoms with Gasteiger partial charge in [-0.05, 0) is 51.7 Å². The lowest BCUT2D eigenvalue weighted by molar-refractivity contribution is 0.191. The van der Waals surface area contributed by atoms with Crippen LogP contribution in [0.2, 0.25) is 0 Å². The van der Waals surface area contributed by atoms with E-state index in [1.54, 1.807) is 0 Å². The van der Waals surface area contributed by atoms with E-state index >= 15 is 0 Å². The van der Waals surface area contributed by atoms with Crippen LogP contribution in [0.1, 0.15) is 41.8 Å². The molecule has 1 saturated carbocycles. The zero-order chi connectivity index (χ0) is 17.8. The summed E-state index contributed by atoms with van der Waals surface area (Å²) < 4.78 is 2.01. The Morgan fingerprint density at radius 1 is 1.28 bits per heavy atom. The molecule has 1 aromatic heterocycles. The highest BCUT2D eigenvalue weighted by atomic mass is 16.2. The predicted octanol–water partition coefficient (Wildman–Crippen LogP) is 3.57. The smallest absolute Gasteiger partial charge is 0.317 e. The second kappa shape index (κ2) is 7.72. The second-order valence-corrected chi connectivity index (χ2v) is 7.08. The minimum Gasteiger partial charge on any atom is -0.338 e. The molecule has 5 nitrogen and oxygen atoms in total. The van der Waals surface area contributed by atoms with Gasteiger partial charge in [0.15, 0.2) is 0 Å². The largest absolute Gasteiger partial charge is 0.338 e. The molecule has 1 fully saturated rings. The van der Waals surface area contributed by atoms with Crippen molar-refractivity contribution < 1.29 is 4.79 Å². The number of urea groups is 1. The molecule has 2 amide bonds. The van der Waals surface area contributed by atoms with Crippen molar-refractivity contribution in [3.63, 3.8) is 0 Å². The lowest BCUT2D eigenvalue weighted by Crippen LogP contribution is -2.41. The summed E-state index contributed by atoms with van der Waals surface area (Å²) in [6.07, 6.45) is 3.12.